The summed E-state index contributed by atoms with van der Waals surface area (Å²) < 4.78 is 0. The van der Waals surface area contributed by atoms with Gasteiger partial charge in [-0.3, -0.25) is 0 Å². The molecule has 0 aromatic heterocycles. The van der Waals surface area contributed by atoms with E-state index >= 15 is 0 Å². The topological polar surface area (TPSA) is 23.6 Å². The zero-order chi connectivity index (χ0) is 12.3. The van der Waals surface area contributed by atoms with E-state index in [0.717, 1.165) is 13.0 Å². The van der Waals surface area contributed by atoms with E-state index in [1.165, 1.54) is 5.56 Å². The largest absolute Gasteiger partial charge is 0.323 e. The highest BCUT2D eigenvalue weighted by Gasteiger charge is 2.29. The van der Waals surface area contributed by atoms with Crippen molar-refractivity contribution in [3.05, 3.63) is 35.9 Å². The molecule has 1 aliphatic heterocycles. The predicted molar refractivity (Wildman–Crippen MR) is 69.1 cm³/mol. The minimum Gasteiger partial charge on any atom is -0.323 e. The third-order valence-corrected chi connectivity index (χ3v) is 3.60. The van der Waals surface area contributed by atoms with Crippen LogP contribution in [0.5, 0.6) is 0 Å². The van der Waals surface area contributed by atoms with Gasteiger partial charge in [0.05, 0.1) is 0 Å². The van der Waals surface area contributed by atoms with E-state index in [1.54, 1.807) is 4.90 Å². The lowest BCUT2D eigenvalue weighted by molar-refractivity contribution is 0.116. The van der Waals surface area contributed by atoms with Crippen LogP contribution in [-0.2, 0) is 6.54 Å². The van der Waals surface area contributed by atoms with E-state index in [2.05, 4.69) is 0 Å². The highest BCUT2D eigenvalue weighted by molar-refractivity contribution is 6.18. The van der Waals surface area contributed by atoms with Gasteiger partial charge < -0.3 is 9.80 Å². The van der Waals surface area contributed by atoms with Gasteiger partial charge in [0.2, 0.25) is 0 Å². The molecule has 0 N–H and O–H groups in total. The van der Waals surface area contributed by atoms with Gasteiger partial charge in [0, 0.05) is 32.1 Å². The number of benzene rings is 1. The van der Waals surface area contributed by atoms with Crippen molar-refractivity contribution in [3.63, 3.8) is 0 Å². The minimum atomic E-state index is 0.0748. The van der Waals surface area contributed by atoms with Crippen LogP contribution in [0.3, 0.4) is 0 Å². The number of amides is 2. The van der Waals surface area contributed by atoms with Crippen molar-refractivity contribution in [3.8, 4) is 0 Å². The van der Waals surface area contributed by atoms with Gasteiger partial charge in [-0.2, -0.15) is 0 Å². The van der Waals surface area contributed by atoms with E-state index in [0.29, 0.717) is 12.4 Å². The summed E-state index contributed by atoms with van der Waals surface area (Å²) in [6, 6.07) is 10.3. The fraction of sp³-hybridized carbons (Fsp3) is 0.462. The van der Waals surface area contributed by atoms with Crippen molar-refractivity contribution >= 4 is 17.6 Å². The maximum atomic E-state index is 12.1. The van der Waals surface area contributed by atoms with Gasteiger partial charge in [-0.05, 0) is 12.0 Å². The number of urea groups is 1. The average molecular weight is 253 g/mol. The number of rotatable bonds is 3. The Morgan fingerprint density at radius 1 is 1.35 bits per heavy atom. The van der Waals surface area contributed by atoms with Crippen molar-refractivity contribution in [2.24, 2.45) is 0 Å². The van der Waals surface area contributed by atoms with Crippen LogP contribution in [0.1, 0.15) is 12.0 Å². The second-order valence-corrected chi connectivity index (χ2v) is 4.71. The molecule has 17 heavy (non-hydrogen) atoms. The van der Waals surface area contributed by atoms with Crippen LogP contribution >= 0.6 is 11.6 Å². The highest BCUT2D eigenvalue weighted by atomic mass is 35.5. The maximum Gasteiger partial charge on any atom is 0.320 e. The standard InChI is InChI=1S/C13H17ClN2O/c1-15-12(9-14)7-8-16(13(15)17)10-11-5-3-2-4-6-11/h2-6,12H,7-10H2,1H3. The second kappa shape index (κ2) is 5.41. The van der Waals surface area contributed by atoms with Gasteiger partial charge in [-0.25, -0.2) is 4.79 Å². The van der Waals surface area contributed by atoms with Crippen molar-refractivity contribution in [2.75, 3.05) is 19.5 Å². The van der Waals surface area contributed by atoms with E-state index in [-0.39, 0.29) is 12.1 Å². The Balaban J connectivity index is 2.02. The first-order valence-corrected chi connectivity index (χ1v) is 6.37. The van der Waals surface area contributed by atoms with Gasteiger partial charge in [0.15, 0.2) is 0 Å². The Kier molecular flexibility index (Phi) is 3.89. The molecule has 0 spiro atoms. The van der Waals surface area contributed by atoms with Crippen LogP contribution in [0.4, 0.5) is 4.79 Å². The van der Waals surface area contributed by atoms with Crippen LogP contribution in [0.2, 0.25) is 0 Å². The van der Waals surface area contributed by atoms with Gasteiger partial charge in [-0.1, -0.05) is 30.3 Å². The van der Waals surface area contributed by atoms with E-state index in [4.69, 9.17) is 11.6 Å². The summed E-state index contributed by atoms with van der Waals surface area (Å²) in [5.74, 6) is 0.515. The van der Waals surface area contributed by atoms with Gasteiger partial charge >= 0.3 is 6.03 Å². The summed E-state index contributed by atoms with van der Waals surface area (Å²) in [6.45, 7) is 1.47. The summed E-state index contributed by atoms with van der Waals surface area (Å²) in [7, 11) is 1.83. The first kappa shape index (κ1) is 12.2. The summed E-state index contributed by atoms with van der Waals surface area (Å²) in [6.07, 6.45) is 0.943. The first-order valence-electron chi connectivity index (χ1n) is 5.84. The molecule has 2 rings (SSSR count). The summed E-state index contributed by atoms with van der Waals surface area (Å²) >= 11 is 5.84. The van der Waals surface area contributed by atoms with Crippen LogP contribution < -0.4 is 0 Å². The zero-order valence-electron chi connectivity index (χ0n) is 9.97. The maximum absolute atomic E-state index is 12.1. The molecule has 1 aliphatic rings. The molecule has 4 heteroatoms. The molecule has 1 saturated heterocycles. The lowest BCUT2D eigenvalue weighted by atomic mass is 10.1. The molecule has 0 aliphatic carbocycles. The molecule has 1 fully saturated rings. The third kappa shape index (κ3) is 2.72. The molecule has 1 aromatic rings. The number of halogens is 1. The lowest BCUT2D eigenvalue weighted by Crippen LogP contribution is -2.52. The number of nitrogens with zero attached hydrogens (tertiary/aromatic N) is 2. The van der Waals surface area contributed by atoms with Crippen LogP contribution in [0.15, 0.2) is 30.3 Å². The van der Waals surface area contributed by atoms with Crippen molar-refractivity contribution < 1.29 is 4.79 Å². The summed E-state index contributed by atoms with van der Waals surface area (Å²) in [5, 5.41) is 0. The molecule has 1 atom stereocenters. The number of carbonyl (C=O) groups is 1. The Morgan fingerprint density at radius 2 is 2.06 bits per heavy atom. The predicted octanol–water partition coefficient (Wildman–Crippen LogP) is 2.55. The molecule has 1 heterocycles. The zero-order valence-corrected chi connectivity index (χ0v) is 10.7. The SMILES string of the molecule is CN1C(=O)N(Cc2ccccc2)CCC1CCl. The Morgan fingerprint density at radius 3 is 2.71 bits per heavy atom. The Hall–Kier alpha value is -1.22. The van der Waals surface area contributed by atoms with E-state index in [9.17, 15) is 4.79 Å². The molecule has 1 aromatic carbocycles. The smallest absolute Gasteiger partial charge is 0.320 e. The molecule has 0 radical (unpaired) electrons. The molecule has 0 bridgehead atoms. The molecule has 3 nitrogen and oxygen atoms in total. The number of alkyl halides is 1. The van der Waals surface area contributed by atoms with E-state index < -0.39 is 0 Å². The second-order valence-electron chi connectivity index (χ2n) is 4.40. The average Bonchev–Trinajstić information content (AvgIpc) is 2.37. The highest BCUT2D eigenvalue weighted by Crippen LogP contribution is 2.17. The van der Waals surface area contributed by atoms with Crippen molar-refractivity contribution in [1.29, 1.82) is 0 Å². The quantitative estimate of drug-likeness (QED) is 0.759. The van der Waals surface area contributed by atoms with Gasteiger partial charge in [0.1, 0.15) is 0 Å². The van der Waals surface area contributed by atoms with Crippen LogP contribution in [0, 0.1) is 0 Å². The summed E-state index contributed by atoms with van der Waals surface area (Å²) in [5.41, 5.74) is 1.17. The molecule has 0 saturated carbocycles. The monoisotopic (exact) mass is 252 g/mol. The number of carbonyl (C=O) groups excluding carboxylic acids is 1. The van der Waals surface area contributed by atoms with Gasteiger partial charge in [-0.15, -0.1) is 11.6 Å². The van der Waals surface area contributed by atoms with Crippen molar-refractivity contribution in [2.45, 2.75) is 19.0 Å². The Labute approximate surface area is 107 Å². The van der Waals surface area contributed by atoms with Crippen LogP contribution in [-0.4, -0.2) is 41.3 Å². The summed E-state index contributed by atoms with van der Waals surface area (Å²) in [4.78, 5) is 15.7. The van der Waals surface area contributed by atoms with E-state index in [1.807, 2.05) is 42.3 Å². The molecule has 92 valence electrons. The molecular weight excluding hydrogens is 236 g/mol. The first-order chi connectivity index (χ1) is 8.22. The molecule has 2 amide bonds. The van der Waals surface area contributed by atoms with Crippen LogP contribution in [0.25, 0.3) is 0 Å². The fourth-order valence-electron chi connectivity index (χ4n) is 2.10. The molecule has 1 unspecified atom stereocenters. The van der Waals surface area contributed by atoms with Crippen molar-refractivity contribution in [1.82, 2.24) is 9.80 Å². The lowest BCUT2D eigenvalue weighted by Gasteiger charge is -2.38. The Bertz CT molecular complexity index is 382. The number of hydrogen-bond donors (Lipinski definition) is 0. The minimum absolute atomic E-state index is 0.0748. The normalized spacial score (nSPS) is 20.8. The fourth-order valence-corrected chi connectivity index (χ4v) is 2.47. The molecular formula is C13H17ClN2O. The number of hydrogen-bond acceptors (Lipinski definition) is 1. The third-order valence-electron chi connectivity index (χ3n) is 3.25. The van der Waals surface area contributed by atoms with Gasteiger partial charge in [0.25, 0.3) is 0 Å².